The predicted molar refractivity (Wildman–Crippen MR) is 109 cm³/mol. The molecule has 0 aromatic heterocycles. The maximum absolute atomic E-state index is 14.2. The molecule has 0 N–H and O–H groups in total. The van der Waals surface area contributed by atoms with Gasteiger partial charge in [-0.15, -0.1) is 0 Å². The molecule has 144 valence electrons. The minimum absolute atomic E-state index is 0.0625. The van der Waals surface area contributed by atoms with Crippen LogP contribution in [0.4, 0.5) is 0 Å². The smallest absolute Gasteiger partial charge is 0.148 e. The number of ketones is 2. The molecule has 0 aliphatic heterocycles. The highest BCUT2D eigenvalue weighted by atomic mass is 35.5. The fourth-order valence-electron chi connectivity index (χ4n) is 9.04. The summed E-state index contributed by atoms with van der Waals surface area (Å²) in [5.74, 6) is 0.425. The number of allylic oxidation sites excluding steroid dienone is 4. The monoisotopic (exact) mass is 412 g/mol. The van der Waals surface area contributed by atoms with Gasteiger partial charge in [-0.25, -0.2) is 0 Å². The zero-order chi connectivity index (χ0) is 20.1. The van der Waals surface area contributed by atoms with Gasteiger partial charge in [-0.1, -0.05) is 75.2 Å². The first kappa shape index (κ1) is 17.5. The molecular weight excluding hydrogens is 391 g/mol. The largest absolute Gasteiger partial charge is 0.298 e. The summed E-state index contributed by atoms with van der Waals surface area (Å²) in [6.07, 6.45) is 6.85. The lowest BCUT2D eigenvalue weighted by molar-refractivity contribution is -0.372. The van der Waals surface area contributed by atoms with Crippen LogP contribution in [0, 0.1) is 33.0 Å². The van der Waals surface area contributed by atoms with E-state index in [2.05, 4.69) is 18.2 Å². The molecule has 9 rings (SSSR count). The van der Waals surface area contributed by atoms with Crippen LogP contribution in [0.15, 0.2) is 47.5 Å². The van der Waals surface area contributed by atoms with Crippen molar-refractivity contribution in [2.45, 2.75) is 39.5 Å². The van der Waals surface area contributed by atoms with Crippen molar-refractivity contribution in [1.29, 1.82) is 0 Å². The highest BCUT2D eigenvalue weighted by Gasteiger charge is 3.03. The van der Waals surface area contributed by atoms with Crippen LogP contribution in [0.3, 0.4) is 0 Å². The van der Waals surface area contributed by atoms with E-state index in [9.17, 15) is 9.59 Å². The van der Waals surface area contributed by atoms with Gasteiger partial charge in [-0.05, 0) is 30.2 Å². The van der Waals surface area contributed by atoms with E-state index in [1.54, 1.807) is 0 Å². The number of hydrogen-bond donors (Lipinski definition) is 0. The van der Waals surface area contributed by atoms with Gasteiger partial charge in [0, 0.05) is 43.0 Å². The lowest BCUT2D eigenvalue weighted by Gasteiger charge is -2.95. The third-order valence-corrected chi connectivity index (χ3v) is 10.8. The Balaban J connectivity index is 1.77. The van der Waals surface area contributed by atoms with E-state index in [1.807, 2.05) is 52.0 Å². The summed E-state index contributed by atoms with van der Waals surface area (Å²) in [4.78, 5) is 28.2. The van der Waals surface area contributed by atoms with Crippen molar-refractivity contribution in [1.82, 2.24) is 0 Å². The van der Waals surface area contributed by atoms with E-state index in [4.69, 9.17) is 23.2 Å². The van der Waals surface area contributed by atoms with Crippen LogP contribution >= 0.6 is 23.2 Å². The van der Waals surface area contributed by atoms with E-state index < -0.39 is 32.5 Å². The van der Waals surface area contributed by atoms with Crippen molar-refractivity contribution in [3.05, 3.63) is 58.1 Å². The summed E-state index contributed by atoms with van der Waals surface area (Å²) >= 11 is 12.6. The Kier molecular flexibility index (Phi) is 2.64. The molecule has 0 saturated heterocycles. The zero-order valence-corrected chi connectivity index (χ0v) is 17.9. The van der Waals surface area contributed by atoms with Crippen molar-refractivity contribution in [2.24, 2.45) is 33.0 Å². The van der Waals surface area contributed by atoms with Crippen LogP contribution in [-0.2, 0) is 15.0 Å². The van der Waals surface area contributed by atoms with Gasteiger partial charge in [0.25, 0.3) is 0 Å². The molecule has 0 heterocycles. The Morgan fingerprint density at radius 1 is 0.929 bits per heavy atom. The number of halogens is 2. The molecule has 28 heavy (non-hydrogen) atoms. The minimum Gasteiger partial charge on any atom is -0.298 e. The quantitative estimate of drug-likeness (QED) is 0.611. The fraction of sp³-hybridized carbons (Fsp3) is 0.500. The highest BCUT2D eigenvalue weighted by Crippen LogP contribution is 2.98. The second kappa shape index (κ2) is 4.23. The average Bonchev–Trinajstić information content (AvgIpc) is 2.67. The molecule has 8 aliphatic carbocycles. The van der Waals surface area contributed by atoms with Crippen molar-refractivity contribution >= 4 is 34.8 Å². The summed E-state index contributed by atoms with van der Waals surface area (Å²) in [5.41, 5.74) is -2.52. The average molecular weight is 413 g/mol. The van der Waals surface area contributed by atoms with Crippen molar-refractivity contribution in [2.75, 3.05) is 0 Å². The Bertz CT molecular complexity index is 1090. The summed E-state index contributed by atoms with van der Waals surface area (Å²) in [7, 11) is 0. The molecule has 1 aromatic rings. The van der Waals surface area contributed by atoms with Crippen LogP contribution in [0.5, 0.6) is 0 Å². The van der Waals surface area contributed by atoms with Gasteiger partial charge in [-0.3, -0.25) is 9.59 Å². The molecular formula is C24H22Cl2O2. The Labute approximate surface area is 175 Å². The van der Waals surface area contributed by atoms with Crippen molar-refractivity contribution in [3.63, 3.8) is 0 Å². The van der Waals surface area contributed by atoms with Gasteiger partial charge in [0.15, 0.2) is 0 Å². The second-order valence-corrected chi connectivity index (χ2v) is 11.1. The van der Waals surface area contributed by atoms with Gasteiger partial charge in [0.05, 0.1) is 5.41 Å². The maximum Gasteiger partial charge on any atom is 0.148 e. The van der Waals surface area contributed by atoms with E-state index >= 15 is 0 Å². The molecule has 6 bridgehead atoms. The van der Waals surface area contributed by atoms with Crippen LogP contribution in [0.25, 0.3) is 0 Å². The molecule has 4 heteroatoms. The first-order chi connectivity index (χ1) is 13.0. The van der Waals surface area contributed by atoms with E-state index in [0.717, 1.165) is 5.56 Å². The van der Waals surface area contributed by atoms with E-state index in [0.29, 0.717) is 16.5 Å². The van der Waals surface area contributed by atoms with Crippen molar-refractivity contribution in [3.8, 4) is 0 Å². The second-order valence-electron chi connectivity index (χ2n) is 10.3. The number of Topliss-reactive ketones (excluding diaryl/α,β-unsaturated/α-hetero) is 2. The summed E-state index contributed by atoms with van der Waals surface area (Å²) in [6.45, 7) is 8.11. The van der Waals surface area contributed by atoms with Crippen LogP contribution in [0.1, 0.15) is 39.7 Å². The van der Waals surface area contributed by atoms with E-state index in [-0.39, 0.29) is 17.5 Å². The first-order valence-corrected chi connectivity index (χ1v) is 10.7. The molecule has 1 unspecified atom stereocenters. The fourth-order valence-corrected chi connectivity index (χ4v) is 9.36. The lowest BCUT2D eigenvalue weighted by Crippen LogP contribution is -3.00. The molecule has 1 aromatic carbocycles. The normalized spacial score (nSPS) is 54.6. The zero-order valence-electron chi connectivity index (χ0n) is 16.4. The van der Waals surface area contributed by atoms with Gasteiger partial charge in [0.1, 0.15) is 11.6 Å². The van der Waals surface area contributed by atoms with Gasteiger partial charge in [-0.2, -0.15) is 0 Å². The molecule has 7 saturated carbocycles. The summed E-state index contributed by atoms with van der Waals surface area (Å²) in [5, 5.41) is 1.34. The predicted octanol–water partition coefficient (Wildman–Crippen LogP) is 5.48. The Hall–Kier alpha value is -1.38. The Morgan fingerprint density at radius 3 is 2.21 bits per heavy atom. The third-order valence-electron chi connectivity index (χ3n) is 10.3. The SMILES string of the molecule is C[C@]12C(=O)[C@@]3(C)C[C@@]4(c5ccc(Cl)cc5)[C@@]3(C)C(=O)[C@@]1(C)C1C=C(Cl)C=C[C@@]124. The van der Waals surface area contributed by atoms with Gasteiger partial charge >= 0.3 is 0 Å². The number of benzene rings is 1. The highest BCUT2D eigenvalue weighted by molar-refractivity contribution is 6.31. The molecule has 1 spiro atoms. The molecule has 0 radical (unpaired) electrons. The molecule has 8 aliphatic rings. The lowest BCUT2D eigenvalue weighted by atomic mass is 9.04. The molecule has 7 atom stereocenters. The Morgan fingerprint density at radius 2 is 1.57 bits per heavy atom. The van der Waals surface area contributed by atoms with E-state index in [1.165, 1.54) is 0 Å². The first-order valence-electron chi connectivity index (χ1n) is 9.92. The minimum atomic E-state index is -0.726. The van der Waals surface area contributed by atoms with Crippen molar-refractivity contribution < 1.29 is 9.59 Å². The van der Waals surface area contributed by atoms with Crippen LogP contribution < -0.4 is 0 Å². The van der Waals surface area contributed by atoms with Crippen LogP contribution in [-0.4, -0.2) is 11.6 Å². The van der Waals surface area contributed by atoms with Gasteiger partial charge < -0.3 is 0 Å². The topological polar surface area (TPSA) is 34.1 Å². The number of hydrogen-bond acceptors (Lipinski definition) is 2. The molecule has 7 fully saturated rings. The number of carbonyl (C=O) groups excluding carboxylic acids is 2. The van der Waals surface area contributed by atoms with Crippen LogP contribution in [0.2, 0.25) is 5.02 Å². The number of carbonyl (C=O) groups is 2. The molecule has 0 amide bonds. The maximum atomic E-state index is 14.2. The summed E-state index contributed by atoms with van der Waals surface area (Å²) in [6, 6.07) is 7.93. The number of rotatable bonds is 1. The third kappa shape index (κ3) is 1.10. The standard InChI is InChI=1S/C24H22Cl2O2/c1-19-12-24(13-5-7-14(25)8-6-13)21(19,3)18(28)20(2)16-11-15(26)9-10-23(16,24)22(20,4)17(19)27/h5-11,16H,12H2,1-4H3/t16?,19-,20-,21+,22+,23-,24-/m1/s1. The van der Waals surface area contributed by atoms with Gasteiger partial charge in [0.2, 0.25) is 0 Å². The molecule has 2 nitrogen and oxygen atoms in total. The summed E-state index contributed by atoms with van der Waals surface area (Å²) < 4.78 is 0.